The van der Waals surface area contributed by atoms with Gasteiger partial charge in [0, 0.05) is 5.56 Å². The number of nitrogens with one attached hydrogen (secondary N) is 2. The minimum atomic E-state index is -4.46. The molecule has 10 heteroatoms. The Morgan fingerprint density at radius 2 is 1.91 bits per heavy atom. The molecule has 1 unspecified atom stereocenters. The van der Waals surface area contributed by atoms with Gasteiger partial charge < -0.3 is 10.1 Å². The molecule has 2 aromatic carbocycles. The molecule has 0 aliphatic carbocycles. The first-order chi connectivity index (χ1) is 15.6. The molecule has 3 aromatic rings. The van der Waals surface area contributed by atoms with Crippen LogP contribution < -0.4 is 10.1 Å². The standard InChI is InChI=1S/C23H25F3N4O2S/c1-14(2)11-19(16-5-4-6-17(12-16)23(24,25)26)27-20(31)13-30-21(28-29-22(30)33)15-7-9-18(32-3)10-8-15/h4-10,12,14,19H,11,13H2,1-3H3,(H,27,31)(H,29,33). The first-order valence-corrected chi connectivity index (χ1v) is 10.8. The van der Waals surface area contributed by atoms with Crippen molar-refractivity contribution >= 4 is 18.1 Å². The maximum Gasteiger partial charge on any atom is 0.416 e. The number of benzene rings is 2. The number of alkyl halides is 3. The van der Waals surface area contributed by atoms with Gasteiger partial charge in [0.1, 0.15) is 12.3 Å². The normalized spacial score (nSPS) is 12.6. The van der Waals surface area contributed by atoms with E-state index in [0.29, 0.717) is 23.6 Å². The second kappa shape index (κ2) is 10.2. The van der Waals surface area contributed by atoms with Crippen LogP contribution in [-0.4, -0.2) is 27.8 Å². The van der Waals surface area contributed by atoms with E-state index in [-0.39, 0.29) is 23.1 Å². The number of ether oxygens (including phenoxy) is 1. The Morgan fingerprint density at radius 3 is 2.52 bits per heavy atom. The van der Waals surface area contributed by atoms with Crippen molar-refractivity contribution in [2.24, 2.45) is 5.92 Å². The van der Waals surface area contributed by atoms with Gasteiger partial charge in [-0.15, -0.1) is 0 Å². The van der Waals surface area contributed by atoms with E-state index < -0.39 is 17.8 Å². The fourth-order valence-corrected chi connectivity index (χ4v) is 3.69. The molecule has 0 aliphatic heterocycles. The van der Waals surface area contributed by atoms with Gasteiger partial charge in [-0.3, -0.25) is 14.5 Å². The van der Waals surface area contributed by atoms with E-state index in [4.69, 9.17) is 17.0 Å². The Bertz CT molecular complexity index is 1150. The Hall–Kier alpha value is -3.14. The van der Waals surface area contributed by atoms with Crippen LogP contribution in [0.2, 0.25) is 0 Å². The lowest BCUT2D eigenvalue weighted by Gasteiger charge is -2.22. The summed E-state index contributed by atoms with van der Waals surface area (Å²) in [6, 6.07) is 11.6. The lowest BCUT2D eigenvalue weighted by molar-refractivity contribution is -0.137. The number of aromatic nitrogens is 3. The molecular weight excluding hydrogens is 453 g/mol. The molecule has 33 heavy (non-hydrogen) atoms. The molecule has 0 spiro atoms. The summed E-state index contributed by atoms with van der Waals surface area (Å²) in [7, 11) is 1.56. The Morgan fingerprint density at radius 1 is 1.21 bits per heavy atom. The summed E-state index contributed by atoms with van der Waals surface area (Å²) in [5.41, 5.74) is 0.382. The van der Waals surface area contributed by atoms with Gasteiger partial charge in [0.15, 0.2) is 10.6 Å². The first kappa shape index (κ1) is 24.5. The predicted octanol–water partition coefficient (Wildman–Crippen LogP) is 5.54. The second-order valence-corrected chi connectivity index (χ2v) is 8.43. The number of carbonyl (C=O) groups is 1. The van der Waals surface area contributed by atoms with Gasteiger partial charge in [-0.1, -0.05) is 26.0 Å². The van der Waals surface area contributed by atoms with Crippen molar-refractivity contribution < 1.29 is 22.7 Å². The molecule has 0 bridgehead atoms. The molecule has 0 fully saturated rings. The van der Waals surface area contributed by atoms with Crippen LogP contribution in [0.15, 0.2) is 48.5 Å². The topological polar surface area (TPSA) is 71.9 Å². The minimum absolute atomic E-state index is 0.135. The number of carbonyl (C=O) groups excluding carboxylic acids is 1. The number of nitrogens with zero attached hydrogens (tertiary/aromatic N) is 2. The van der Waals surface area contributed by atoms with E-state index in [1.165, 1.54) is 6.07 Å². The van der Waals surface area contributed by atoms with Gasteiger partial charge in [-0.2, -0.15) is 18.3 Å². The fraction of sp³-hybridized carbons (Fsp3) is 0.348. The van der Waals surface area contributed by atoms with E-state index in [2.05, 4.69) is 15.5 Å². The van der Waals surface area contributed by atoms with E-state index in [1.54, 1.807) is 42.0 Å². The monoisotopic (exact) mass is 478 g/mol. The Kier molecular flexibility index (Phi) is 7.57. The van der Waals surface area contributed by atoms with E-state index >= 15 is 0 Å². The van der Waals surface area contributed by atoms with Crippen molar-refractivity contribution in [3.8, 4) is 17.1 Å². The summed E-state index contributed by atoms with van der Waals surface area (Å²) in [4.78, 5) is 12.9. The zero-order valence-electron chi connectivity index (χ0n) is 18.4. The highest BCUT2D eigenvalue weighted by atomic mass is 32.1. The highest BCUT2D eigenvalue weighted by molar-refractivity contribution is 7.71. The summed E-state index contributed by atoms with van der Waals surface area (Å²) in [5.74, 6) is 0.910. The lowest BCUT2D eigenvalue weighted by atomic mass is 9.95. The van der Waals surface area contributed by atoms with E-state index in [9.17, 15) is 18.0 Å². The number of rotatable bonds is 8. The molecule has 6 nitrogen and oxygen atoms in total. The van der Waals surface area contributed by atoms with Crippen molar-refractivity contribution in [1.82, 2.24) is 20.1 Å². The third kappa shape index (κ3) is 6.22. The smallest absolute Gasteiger partial charge is 0.416 e. The lowest BCUT2D eigenvalue weighted by Crippen LogP contribution is -2.32. The summed E-state index contributed by atoms with van der Waals surface area (Å²) in [6.45, 7) is 3.76. The zero-order valence-corrected chi connectivity index (χ0v) is 19.3. The number of methoxy groups -OCH3 is 1. The fourth-order valence-electron chi connectivity index (χ4n) is 3.49. The quantitative estimate of drug-likeness (QED) is 0.417. The molecule has 0 saturated carbocycles. The number of aromatic amines is 1. The molecule has 1 amide bonds. The summed E-state index contributed by atoms with van der Waals surface area (Å²) < 4.78 is 46.5. The molecular formula is C23H25F3N4O2S. The van der Waals surface area contributed by atoms with Crippen molar-refractivity contribution in [3.05, 3.63) is 64.4 Å². The predicted molar refractivity (Wildman–Crippen MR) is 121 cm³/mol. The third-order valence-electron chi connectivity index (χ3n) is 5.07. The van der Waals surface area contributed by atoms with Gasteiger partial charge in [0.05, 0.1) is 18.7 Å². The van der Waals surface area contributed by atoms with Gasteiger partial charge >= 0.3 is 6.18 Å². The number of amides is 1. The molecule has 176 valence electrons. The number of hydrogen-bond acceptors (Lipinski definition) is 4. The molecule has 2 N–H and O–H groups in total. The highest BCUT2D eigenvalue weighted by Crippen LogP contribution is 2.32. The summed E-state index contributed by atoms with van der Waals surface area (Å²) in [5, 5.41) is 9.78. The second-order valence-electron chi connectivity index (χ2n) is 8.04. The van der Waals surface area contributed by atoms with Crippen molar-refractivity contribution in [1.29, 1.82) is 0 Å². The van der Waals surface area contributed by atoms with Crippen LogP contribution >= 0.6 is 12.2 Å². The Labute approximate surface area is 194 Å². The zero-order chi connectivity index (χ0) is 24.2. The molecule has 0 aliphatic rings. The highest BCUT2D eigenvalue weighted by Gasteiger charge is 2.31. The third-order valence-corrected chi connectivity index (χ3v) is 5.38. The average molecular weight is 479 g/mol. The van der Waals surface area contributed by atoms with Crippen molar-refractivity contribution in [2.45, 2.75) is 39.0 Å². The summed E-state index contributed by atoms with van der Waals surface area (Å²) in [6.07, 6.45) is -3.98. The first-order valence-electron chi connectivity index (χ1n) is 10.3. The van der Waals surface area contributed by atoms with Crippen LogP contribution in [0.25, 0.3) is 11.4 Å². The molecule has 1 aromatic heterocycles. The number of halogens is 3. The van der Waals surface area contributed by atoms with E-state index in [0.717, 1.165) is 17.7 Å². The largest absolute Gasteiger partial charge is 0.497 e. The maximum absolute atomic E-state index is 13.2. The SMILES string of the molecule is COc1ccc(-c2n[nH]c(=S)n2CC(=O)NC(CC(C)C)c2cccc(C(F)(F)F)c2)cc1. The number of hydrogen-bond donors (Lipinski definition) is 2. The van der Waals surface area contributed by atoms with Gasteiger partial charge in [-0.05, 0) is 66.5 Å². The van der Waals surface area contributed by atoms with Crippen LogP contribution in [0, 0.1) is 10.7 Å². The molecule has 0 radical (unpaired) electrons. The van der Waals surface area contributed by atoms with E-state index in [1.807, 2.05) is 13.8 Å². The van der Waals surface area contributed by atoms with Crippen molar-refractivity contribution in [2.75, 3.05) is 7.11 Å². The molecule has 3 rings (SSSR count). The van der Waals surface area contributed by atoms with Crippen LogP contribution in [0.3, 0.4) is 0 Å². The molecule has 0 saturated heterocycles. The maximum atomic E-state index is 13.2. The van der Waals surface area contributed by atoms with Crippen LogP contribution in [0.4, 0.5) is 13.2 Å². The van der Waals surface area contributed by atoms with Crippen LogP contribution in [0.5, 0.6) is 5.75 Å². The Balaban J connectivity index is 1.83. The minimum Gasteiger partial charge on any atom is -0.497 e. The van der Waals surface area contributed by atoms with Gasteiger partial charge in [0.2, 0.25) is 5.91 Å². The molecule has 1 heterocycles. The van der Waals surface area contributed by atoms with Crippen LogP contribution in [0.1, 0.15) is 37.4 Å². The van der Waals surface area contributed by atoms with Crippen molar-refractivity contribution in [3.63, 3.8) is 0 Å². The van der Waals surface area contributed by atoms with Crippen LogP contribution in [-0.2, 0) is 17.5 Å². The summed E-state index contributed by atoms with van der Waals surface area (Å²) >= 11 is 5.29. The van der Waals surface area contributed by atoms with Gasteiger partial charge in [-0.25, -0.2) is 0 Å². The number of H-pyrrole nitrogens is 1. The van der Waals surface area contributed by atoms with Gasteiger partial charge in [0.25, 0.3) is 0 Å². The molecule has 1 atom stereocenters. The average Bonchev–Trinajstić information content (AvgIpc) is 3.12.